The van der Waals surface area contributed by atoms with Crippen molar-refractivity contribution in [3.63, 3.8) is 0 Å². The summed E-state index contributed by atoms with van der Waals surface area (Å²) in [7, 11) is 0. The van der Waals surface area contributed by atoms with Crippen LogP contribution in [0.4, 0.5) is 14.9 Å². The topological polar surface area (TPSA) is 81.1 Å². The number of halogens is 1. The Bertz CT molecular complexity index is 672. The summed E-state index contributed by atoms with van der Waals surface area (Å²) in [6, 6.07) is 4.39. The number of aromatic nitrogens is 2. The maximum atomic E-state index is 13.6. The predicted octanol–water partition coefficient (Wildman–Crippen LogP) is 3.10. The molecule has 0 atom stereocenters. The number of rotatable bonds is 1. The summed E-state index contributed by atoms with van der Waals surface area (Å²) in [5, 5.41) is 13.1. The summed E-state index contributed by atoms with van der Waals surface area (Å²) < 4.78 is 14.4. The van der Waals surface area contributed by atoms with Gasteiger partial charge in [0.2, 0.25) is 0 Å². The summed E-state index contributed by atoms with van der Waals surface area (Å²) in [6.07, 6.45) is 0.200. The largest absolute Gasteiger partial charge is 0.463 e. The molecule has 1 aromatic carbocycles. The van der Waals surface area contributed by atoms with Gasteiger partial charge in [-0.2, -0.15) is 9.78 Å². The Hall–Kier alpha value is -2.37. The average molecular weight is 277 g/mol. The summed E-state index contributed by atoms with van der Waals surface area (Å²) in [6.45, 7) is 5.75. The van der Waals surface area contributed by atoms with Crippen molar-refractivity contribution in [2.75, 3.05) is 5.73 Å². The first-order chi connectivity index (χ1) is 9.20. The maximum absolute atomic E-state index is 13.6. The highest BCUT2D eigenvalue weighted by Gasteiger charge is 2.25. The third-order valence-electron chi connectivity index (χ3n) is 2.93. The van der Waals surface area contributed by atoms with Gasteiger partial charge in [-0.25, -0.2) is 9.18 Å². The van der Waals surface area contributed by atoms with E-state index >= 15 is 0 Å². The van der Waals surface area contributed by atoms with Crippen molar-refractivity contribution in [2.24, 2.45) is 0 Å². The van der Waals surface area contributed by atoms with Crippen LogP contribution < -0.4 is 5.73 Å². The molecule has 20 heavy (non-hydrogen) atoms. The van der Waals surface area contributed by atoms with Crippen LogP contribution in [0.25, 0.3) is 11.1 Å². The SMILES string of the molecule is CC(C)(C)c1nn(C(=O)O)cc1-c1ccc(N)c(F)c1. The minimum atomic E-state index is -1.18. The molecule has 3 N–H and O–H groups in total. The molecule has 0 amide bonds. The highest BCUT2D eigenvalue weighted by Crippen LogP contribution is 2.32. The Balaban J connectivity index is 2.65. The van der Waals surface area contributed by atoms with Crippen LogP contribution in [0, 0.1) is 5.82 Å². The Morgan fingerprint density at radius 2 is 2.05 bits per heavy atom. The zero-order valence-electron chi connectivity index (χ0n) is 11.5. The lowest BCUT2D eigenvalue weighted by Crippen LogP contribution is -2.15. The molecule has 2 rings (SSSR count). The van der Waals surface area contributed by atoms with Crippen molar-refractivity contribution in [3.05, 3.63) is 35.9 Å². The van der Waals surface area contributed by atoms with Crippen LogP contribution in [0.2, 0.25) is 0 Å². The first-order valence-electron chi connectivity index (χ1n) is 6.09. The van der Waals surface area contributed by atoms with Gasteiger partial charge in [0, 0.05) is 17.2 Å². The van der Waals surface area contributed by atoms with E-state index in [4.69, 9.17) is 10.8 Å². The Kier molecular flexibility index (Phi) is 3.25. The van der Waals surface area contributed by atoms with Crippen LogP contribution in [-0.2, 0) is 5.41 Å². The average Bonchev–Trinajstić information content (AvgIpc) is 2.77. The fraction of sp³-hybridized carbons (Fsp3) is 0.286. The van der Waals surface area contributed by atoms with Crippen LogP contribution in [0.15, 0.2) is 24.4 Å². The van der Waals surface area contributed by atoms with Crippen LogP contribution >= 0.6 is 0 Å². The number of benzene rings is 1. The lowest BCUT2D eigenvalue weighted by molar-refractivity contribution is 0.192. The maximum Gasteiger partial charge on any atom is 0.432 e. The molecule has 0 radical (unpaired) electrons. The van der Waals surface area contributed by atoms with Gasteiger partial charge in [0.25, 0.3) is 0 Å². The van der Waals surface area contributed by atoms with E-state index in [2.05, 4.69) is 5.10 Å². The van der Waals surface area contributed by atoms with Gasteiger partial charge in [-0.1, -0.05) is 26.8 Å². The van der Waals surface area contributed by atoms with E-state index in [1.54, 1.807) is 6.07 Å². The molecule has 0 saturated heterocycles. The van der Waals surface area contributed by atoms with Gasteiger partial charge in [-0.05, 0) is 17.7 Å². The highest BCUT2D eigenvalue weighted by molar-refractivity contribution is 5.74. The van der Waals surface area contributed by atoms with Crippen LogP contribution in [0.3, 0.4) is 0 Å². The molecular weight excluding hydrogens is 261 g/mol. The molecule has 0 unspecified atom stereocenters. The quantitative estimate of drug-likeness (QED) is 0.785. The molecule has 0 bridgehead atoms. The highest BCUT2D eigenvalue weighted by atomic mass is 19.1. The lowest BCUT2D eigenvalue weighted by Gasteiger charge is -2.17. The van der Waals surface area contributed by atoms with Gasteiger partial charge in [0.15, 0.2) is 0 Å². The standard InChI is InChI=1S/C14H16FN3O2/c1-14(2,3)12-9(7-18(17-12)13(19)20)8-4-5-11(16)10(15)6-8/h4-7H,16H2,1-3H3,(H,19,20). The van der Waals surface area contributed by atoms with E-state index < -0.39 is 11.9 Å². The van der Waals surface area contributed by atoms with Gasteiger partial charge in [-0.15, -0.1) is 0 Å². The number of nitrogen functional groups attached to an aromatic ring is 1. The second kappa shape index (κ2) is 4.63. The predicted molar refractivity (Wildman–Crippen MR) is 74.2 cm³/mol. The minimum Gasteiger partial charge on any atom is -0.463 e. The summed E-state index contributed by atoms with van der Waals surface area (Å²) in [4.78, 5) is 11.1. The molecule has 0 aliphatic rings. The molecule has 1 aromatic heterocycles. The van der Waals surface area contributed by atoms with E-state index in [0.29, 0.717) is 16.8 Å². The van der Waals surface area contributed by atoms with E-state index in [1.807, 2.05) is 20.8 Å². The van der Waals surface area contributed by atoms with Crippen molar-refractivity contribution in [2.45, 2.75) is 26.2 Å². The molecule has 2 aromatic rings. The molecule has 6 heteroatoms. The normalized spacial score (nSPS) is 11.6. The third-order valence-corrected chi connectivity index (χ3v) is 2.93. The Morgan fingerprint density at radius 3 is 2.55 bits per heavy atom. The Morgan fingerprint density at radius 1 is 1.40 bits per heavy atom. The zero-order valence-corrected chi connectivity index (χ0v) is 11.5. The van der Waals surface area contributed by atoms with E-state index in [9.17, 15) is 9.18 Å². The molecule has 106 valence electrons. The van der Waals surface area contributed by atoms with Crippen molar-refractivity contribution in [1.29, 1.82) is 0 Å². The second-order valence-electron chi connectivity index (χ2n) is 5.60. The fourth-order valence-electron chi connectivity index (χ4n) is 1.93. The first kappa shape index (κ1) is 14.0. The van der Waals surface area contributed by atoms with Crippen molar-refractivity contribution in [3.8, 4) is 11.1 Å². The molecule has 5 nitrogen and oxygen atoms in total. The zero-order chi connectivity index (χ0) is 15.1. The fourth-order valence-corrected chi connectivity index (χ4v) is 1.93. The summed E-state index contributed by atoms with van der Waals surface area (Å²) in [5.74, 6) is -0.537. The summed E-state index contributed by atoms with van der Waals surface area (Å²) in [5.41, 5.74) is 6.86. The van der Waals surface area contributed by atoms with Gasteiger partial charge < -0.3 is 10.8 Å². The van der Waals surface area contributed by atoms with Gasteiger partial charge in [-0.3, -0.25) is 0 Å². The number of nitrogens with two attached hydrogens (primary N) is 1. The monoisotopic (exact) mass is 277 g/mol. The molecule has 0 fully saturated rings. The number of nitrogens with zero attached hydrogens (tertiary/aromatic N) is 2. The van der Waals surface area contributed by atoms with E-state index in [0.717, 1.165) is 4.68 Å². The summed E-state index contributed by atoms with van der Waals surface area (Å²) >= 11 is 0. The van der Waals surface area contributed by atoms with E-state index in [-0.39, 0.29) is 11.1 Å². The number of carboxylic acid groups (broad SMARTS) is 1. The van der Waals surface area contributed by atoms with Crippen molar-refractivity contribution >= 4 is 11.8 Å². The first-order valence-corrected chi connectivity index (χ1v) is 6.09. The van der Waals surface area contributed by atoms with Gasteiger partial charge in [0.05, 0.1) is 11.4 Å². The van der Waals surface area contributed by atoms with Gasteiger partial charge in [0.1, 0.15) is 5.82 Å². The second-order valence-corrected chi connectivity index (χ2v) is 5.60. The van der Waals surface area contributed by atoms with Crippen LogP contribution in [-0.4, -0.2) is 21.0 Å². The van der Waals surface area contributed by atoms with Crippen LogP contribution in [0.5, 0.6) is 0 Å². The van der Waals surface area contributed by atoms with Crippen molar-refractivity contribution in [1.82, 2.24) is 9.78 Å². The molecular formula is C14H16FN3O2. The van der Waals surface area contributed by atoms with Crippen molar-refractivity contribution < 1.29 is 14.3 Å². The lowest BCUT2D eigenvalue weighted by atomic mass is 9.87. The molecule has 0 spiro atoms. The third kappa shape index (κ3) is 2.49. The Labute approximate surface area is 115 Å². The van der Waals surface area contributed by atoms with Crippen LogP contribution in [0.1, 0.15) is 26.5 Å². The number of hydrogen-bond acceptors (Lipinski definition) is 3. The molecule has 0 saturated carbocycles. The smallest absolute Gasteiger partial charge is 0.432 e. The molecule has 0 aliphatic heterocycles. The minimum absolute atomic E-state index is 0.0525. The number of hydrogen-bond donors (Lipinski definition) is 2. The number of anilines is 1. The van der Waals surface area contributed by atoms with E-state index in [1.165, 1.54) is 18.3 Å². The molecule has 1 heterocycles. The number of carbonyl (C=O) groups is 1. The van der Waals surface area contributed by atoms with Gasteiger partial charge >= 0.3 is 6.09 Å². The molecule has 0 aliphatic carbocycles.